The van der Waals surface area contributed by atoms with Gasteiger partial charge >= 0.3 is 0 Å². The van der Waals surface area contributed by atoms with E-state index < -0.39 is 5.41 Å². The van der Waals surface area contributed by atoms with Gasteiger partial charge in [0.2, 0.25) is 0 Å². The van der Waals surface area contributed by atoms with Gasteiger partial charge in [-0.25, -0.2) is 4.85 Å². The van der Waals surface area contributed by atoms with Crippen LogP contribution in [-0.2, 0) is 5.41 Å². The van der Waals surface area contributed by atoms with Gasteiger partial charge in [0.25, 0.3) is 0 Å². The molecule has 0 unspecified atom stereocenters. The quantitative estimate of drug-likeness (QED) is 0.193. The molecule has 4 heteroatoms. The Morgan fingerprint density at radius 3 is 1.56 bits per heavy atom. The maximum Gasteiger partial charge on any atom is 0.187 e. The minimum absolute atomic E-state index is 0.576. The second-order valence-electron chi connectivity index (χ2n) is 11.0. The highest BCUT2D eigenvalue weighted by atomic mass is 14.8. The molecule has 0 aliphatic heterocycles. The molecule has 0 aliphatic rings. The van der Waals surface area contributed by atoms with Gasteiger partial charge in [0, 0.05) is 11.0 Å². The van der Waals surface area contributed by atoms with Crippen molar-refractivity contribution in [1.29, 1.82) is 5.26 Å². The molecule has 0 aliphatic carbocycles. The van der Waals surface area contributed by atoms with Crippen molar-refractivity contribution in [2.24, 2.45) is 0 Å². The second kappa shape index (κ2) is 11.6. The molecule has 6 aromatic rings. The molecule has 0 spiro atoms. The van der Waals surface area contributed by atoms with Gasteiger partial charge in [-0.1, -0.05) is 91.0 Å². The summed E-state index contributed by atoms with van der Waals surface area (Å²) < 4.78 is 0. The Hall–Kier alpha value is -5.84. The van der Waals surface area contributed by atoms with E-state index in [2.05, 4.69) is 73.3 Å². The lowest BCUT2D eigenvalue weighted by molar-refractivity contribution is 0.597. The van der Waals surface area contributed by atoms with Crippen LogP contribution in [0, 0.1) is 17.9 Å². The van der Waals surface area contributed by atoms with Gasteiger partial charge in [0.15, 0.2) is 5.69 Å². The molecule has 2 heterocycles. The van der Waals surface area contributed by atoms with Gasteiger partial charge in [-0.05, 0) is 84.1 Å². The monoisotopic (exact) mass is 552 g/mol. The van der Waals surface area contributed by atoms with E-state index in [1.54, 1.807) is 6.07 Å². The van der Waals surface area contributed by atoms with E-state index in [1.807, 2.05) is 78.9 Å². The fraction of sp³-hybridized carbons (Fsp3) is 0.0769. The molecule has 4 nitrogen and oxygen atoms in total. The first kappa shape index (κ1) is 27.3. The maximum absolute atomic E-state index is 9.55. The summed E-state index contributed by atoms with van der Waals surface area (Å²) in [4.78, 5) is 14.0. The standard InChI is InChI=1S/C39H28N4/c1-39(2,37-24-32(28-13-6-4-7-14-28)22-35(42-37)30-17-10-12-27(20-30)26-40)38-25-33(29-15-8-5-9-16-29)23-36(43-38)31-18-11-19-34(21-31)41-3/h4-25H,1-2H3. The Balaban J connectivity index is 1.57. The molecule has 2 aromatic heterocycles. The SMILES string of the molecule is [C-]#[N+]c1cccc(-c2cc(-c3ccccc3)cc(C(C)(C)c3cc(-c4ccccc4)cc(-c4cccc(C#N)c4)n3)n2)c1. The molecule has 0 amide bonds. The molecule has 0 bridgehead atoms. The molecular weight excluding hydrogens is 524 g/mol. The van der Waals surface area contributed by atoms with Crippen molar-refractivity contribution in [2.75, 3.05) is 0 Å². The number of hydrogen-bond acceptors (Lipinski definition) is 3. The van der Waals surface area contributed by atoms with Crippen molar-refractivity contribution in [2.45, 2.75) is 19.3 Å². The molecule has 204 valence electrons. The van der Waals surface area contributed by atoms with Crippen LogP contribution in [0.25, 0.3) is 49.6 Å². The second-order valence-corrected chi connectivity index (χ2v) is 11.0. The minimum atomic E-state index is -0.594. The van der Waals surface area contributed by atoms with Crippen molar-refractivity contribution in [3.05, 3.63) is 162 Å². The van der Waals surface area contributed by atoms with Gasteiger partial charge in [0.05, 0.1) is 41.0 Å². The first-order chi connectivity index (χ1) is 20.9. The number of pyridine rings is 2. The van der Waals surface area contributed by atoms with E-state index in [9.17, 15) is 5.26 Å². The largest absolute Gasteiger partial charge is 0.252 e. The fourth-order valence-corrected chi connectivity index (χ4v) is 5.21. The third-order valence-electron chi connectivity index (χ3n) is 7.70. The van der Waals surface area contributed by atoms with Crippen molar-refractivity contribution < 1.29 is 0 Å². The molecule has 4 aromatic carbocycles. The number of benzene rings is 4. The van der Waals surface area contributed by atoms with Crippen LogP contribution in [0.5, 0.6) is 0 Å². The highest BCUT2D eigenvalue weighted by molar-refractivity contribution is 5.75. The Labute approximate surface area is 252 Å². The van der Waals surface area contributed by atoms with Crippen LogP contribution in [0.1, 0.15) is 30.8 Å². The van der Waals surface area contributed by atoms with Crippen LogP contribution in [-0.4, -0.2) is 9.97 Å². The number of aromatic nitrogens is 2. The predicted molar refractivity (Wildman–Crippen MR) is 173 cm³/mol. The lowest BCUT2D eigenvalue weighted by atomic mass is 9.82. The zero-order valence-corrected chi connectivity index (χ0v) is 24.0. The Morgan fingerprint density at radius 2 is 1.05 bits per heavy atom. The summed E-state index contributed by atoms with van der Waals surface area (Å²) in [5.74, 6) is 0. The van der Waals surface area contributed by atoms with Crippen LogP contribution >= 0.6 is 0 Å². The summed E-state index contributed by atoms with van der Waals surface area (Å²) in [5, 5.41) is 9.55. The van der Waals surface area contributed by atoms with Crippen LogP contribution in [0.3, 0.4) is 0 Å². The number of nitrogens with zero attached hydrogens (tertiary/aromatic N) is 4. The average Bonchev–Trinajstić information content (AvgIpc) is 3.08. The summed E-state index contributed by atoms with van der Waals surface area (Å²) in [6.07, 6.45) is 0. The summed E-state index contributed by atoms with van der Waals surface area (Å²) in [7, 11) is 0. The smallest absolute Gasteiger partial charge is 0.187 e. The maximum atomic E-state index is 9.55. The van der Waals surface area contributed by atoms with Crippen molar-refractivity contribution in [3.63, 3.8) is 0 Å². The third kappa shape index (κ3) is 5.68. The molecule has 0 saturated carbocycles. The zero-order chi connectivity index (χ0) is 29.8. The van der Waals surface area contributed by atoms with Crippen LogP contribution in [0.15, 0.2) is 133 Å². The number of hydrogen-bond donors (Lipinski definition) is 0. The Morgan fingerprint density at radius 1 is 0.558 bits per heavy atom. The topological polar surface area (TPSA) is 53.9 Å². The summed E-state index contributed by atoms with van der Waals surface area (Å²) in [5.41, 5.74) is 9.94. The molecule has 0 fully saturated rings. The van der Waals surface area contributed by atoms with Gasteiger partial charge in [0.1, 0.15) is 0 Å². The van der Waals surface area contributed by atoms with E-state index in [-0.39, 0.29) is 0 Å². The Kier molecular flexibility index (Phi) is 7.35. The van der Waals surface area contributed by atoms with Crippen molar-refractivity contribution >= 4 is 5.69 Å². The molecule has 0 saturated heterocycles. The van der Waals surface area contributed by atoms with Crippen LogP contribution < -0.4 is 0 Å². The lowest BCUT2D eigenvalue weighted by Gasteiger charge is -2.26. The van der Waals surface area contributed by atoms with Crippen LogP contribution in [0.4, 0.5) is 5.69 Å². The Bertz CT molecular complexity index is 1870. The number of nitriles is 1. The first-order valence-corrected chi connectivity index (χ1v) is 14.1. The predicted octanol–water partition coefficient (Wildman–Crippen LogP) is 9.89. The third-order valence-corrected chi connectivity index (χ3v) is 7.70. The highest BCUT2D eigenvalue weighted by Crippen LogP contribution is 2.38. The molecule has 6 rings (SSSR count). The van der Waals surface area contributed by atoms with E-state index in [0.29, 0.717) is 11.3 Å². The lowest BCUT2D eigenvalue weighted by Crippen LogP contribution is -2.23. The molecule has 43 heavy (non-hydrogen) atoms. The first-order valence-electron chi connectivity index (χ1n) is 14.1. The average molecular weight is 553 g/mol. The number of rotatable bonds is 6. The van der Waals surface area contributed by atoms with Gasteiger partial charge in [-0.15, -0.1) is 0 Å². The van der Waals surface area contributed by atoms with E-state index in [1.165, 1.54) is 0 Å². The molecule has 0 radical (unpaired) electrons. The minimum Gasteiger partial charge on any atom is -0.252 e. The van der Waals surface area contributed by atoms with Gasteiger partial charge in [-0.3, -0.25) is 9.97 Å². The van der Waals surface area contributed by atoms with Crippen LogP contribution in [0.2, 0.25) is 0 Å². The molecule has 0 N–H and O–H groups in total. The summed E-state index contributed by atoms with van der Waals surface area (Å²) >= 11 is 0. The van der Waals surface area contributed by atoms with Gasteiger partial charge in [-0.2, -0.15) is 5.26 Å². The highest BCUT2D eigenvalue weighted by Gasteiger charge is 2.29. The molecule has 0 atom stereocenters. The van der Waals surface area contributed by atoms with E-state index in [0.717, 1.165) is 56.2 Å². The van der Waals surface area contributed by atoms with E-state index in [4.69, 9.17) is 16.5 Å². The van der Waals surface area contributed by atoms with Crippen molar-refractivity contribution in [1.82, 2.24) is 9.97 Å². The molecular formula is C39H28N4. The summed E-state index contributed by atoms with van der Waals surface area (Å²) in [6, 6.07) is 46.4. The van der Waals surface area contributed by atoms with Crippen molar-refractivity contribution in [3.8, 4) is 50.8 Å². The zero-order valence-electron chi connectivity index (χ0n) is 24.0. The fourth-order valence-electron chi connectivity index (χ4n) is 5.21. The van der Waals surface area contributed by atoms with E-state index >= 15 is 0 Å². The summed E-state index contributed by atoms with van der Waals surface area (Å²) in [6.45, 7) is 11.8. The van der Waals surface area contributed by atoms with Gasteiger partial charge < -0.3 is 0 Å². The normalized spacial score (nSPS) is 11.0.